The van der Waals surface area contributed by atoms with Crippen molar-refractivity contribution in [2.45, 2.75) is 10.8 Å². The molecule has 0 aliphatic heterocycles. The first kappa shape index (κ1) is 24.4. The Morgan fingerprint density at radius 3 is 1.50 bits per heavy atom. The van der Waals surface area contributed by atoms with Crippen molar-refractivity contribution in [1.29, 1.82) is 0 Å². The Bertz CT molecular complexity index is 1040. The zero-order valence-corrected chi connectivity index (χ0v) is 20.9. The standard InChI is InChI=1S/C23H26N2O3S.Na.H/c1-24(2)19-13-9-17(10-14-19)23(18-11-15-20(16-12-18)25(3)4)21-7-5-6-8-22(21)29(26,27)28;;/h5-16,23H,1-4H3,(H,26,27,28);;/q;+1;-1. The molecule has 0 saturated heterocycles. The van der Waals surface area contributed by atoms with Gasteiger partial charge in [0, 0.05) is 45.5 Å². The molecule has 0 spiro atoms. The largest absolute Gasteiger partial charge is 1.00 e. The van der Waals surface area contributed by atoms with Gasteiger partial charge in [-0.3, -0.25) is 4.55 Å². The van der Waals surface area contributed by atoms with Crippen LogP contribution in [0, 0.1) is 0 Å². The molecule has 1 N–H and O–H groups in total. The molecule has 0 amide bonds. The Labute approximate surface area is 202 Å². The number of benzene rings is 3. The Kier molecular flexibility index (Phi) is 8.13. The Hall–Kier alpha value is -1.83. The number of anilines is 2. The van der Waals surface area contributed by atoms with Crippen LogP contribution in [0.3, 0.4) is 0 Å². The van der Waals surface area contributed by atoms with Crippen molar-refractivity contribution in [2.24, 2.45) is 0 Å². The summed E-state index contributed by atoms with van der Waals surface area (Å²) in [6, 6.07) is 22.6. The number of hydrogen-bond acceptors (Lipinski definition) is 4. The van der Waals surface area contributed by atoms with Gasteiger partial charge in [-0.05, 0) is 47.0 Å². The third-order valence-electron chi connectivity index (χ3n) is 4.99. The summed E-state index contributed by atoms with van der Waals surface area (Å²) >= 11 is 0. The molecule has 0 fully saturated rings. The number of hydrogen-bond donors (Lipinski definition) is 1. The van der Waals surface area contributed by atoms with E-state index in [4.69, 9.17) is 0 Å². The summed E-state index contributed by atoms with van der Waals surface area (Å²) in [5.41, 5.74) is 4.55. The van der Waals surface area contributed by atoms with Gasteiger partial charge >= 0.3 is 29.6 Å². The van der Waals surface area contributed by atoms with E-state index in [9.17, 15) is 13.0 Å². The van der Waals surface area contributed by atoms with E-state index >= 15 is 0 Å². The molecule has 30 heavy (non-hydrogen) atoms. The fraction of sp³-hybridized carbons (Fsp3) is 0.217. The molecule has 0 bridgehead atoms. The summed E-state index contributed by atoms with van der Waals surface area (Å²) in [7, 11) is 3.54. The molecule has 0 heterocycles. The molecule has 3 aromatic carbocycles. The molecule has 0 aliphatic rings. The summed E-state index contributed by atoms with van der Waals surface area (Å²) in [6.45, 7) is 0. The quantitative estimate of drug-likeness (QED) is 0.361. The minimum absolute atomic E-state index is 0. The van der Waals surface area contributed by atoms with Crippen molar-refractivity contribution in [3.8, 4) is 0 Å². The Morgan fingerprint density at radius 2 is 1.13 bits per heavy atom. The third kappa shape index (κ3) is 5.45. The molecule has 3 rings (SSSR count). The van der Waals surface area contributed by atoms with Crippen LogP contribution in [0.15, 0.2) is 77.7 Å². The first-order valence-electron chi connectivity index (χ1n) is 9.29. The molecular formula is C23H27N2NaO3S. The van der Waals surface area contributed by atoms with E-state index in [1.165, 1.54) is 6.07 Å². The molecule has 0 radical (unpaired) electrons. The van der Waals surface area contributed by atoms with E-state index in [0.29, 0.717) is 5.56 Å². The van der Waals surface area contributed by atoms with Crippen LogP contribution in [-0.4, -0.2) is 41.2 Å². The molecule has 0 aliphatic carbocycles. The minimum atomic E-state index is -4.35. The van der Waals surface area contributed by atoms with Gasteiger partial charge in [-0.15, -0.1) is 0 Å². The van der Waals surface area contributed by atoms with E-state index in [2.05, 4.69) is 0 Å². The molecule has 5 nitrogen and oxygen atoms in total. The maximum absolute atomic E-state index is 12.0. The van der Waals surface area contributed by atoms with Gasteiger partial charge in [0.15, 0.2) is 0 Å². The minimum Gasteiger partial charge on any atom is -1.00 e. The van der Waals surface area contributed by atoms with E-state index in [1.54, 1.807) is 18.2 Å². The normalized spacial score (nSPS) is 11.1. The molecule has 0 atom stereocenters. The molecule has 0 saturated carbocycles. The van der Waals surface area contributed by atoms with Crippen LogP contribution < -0.4 is 39.4 Å². The van der Waals surface area contributed by atoms with Crippen LogP contribution in [0.2, 0.25) is 0 Å². The van der Waals surface area contributed by atoms with Crippen LogP contribution in [0.5, 0.6) is 0 Å². The molecular weight excluding hydrogens is 407 g/mol. The molecule has 0 unspecified atom stereocenters. The average molecular weight is 435 g/mol. The third-order valence-corrected chi connectivity index (χ3v) is 5.92. The topological polar surface area (TPSA) is 60.9 Å². The second-order valence-corrected chi connectivity index (χ2v) is 8.81. The van der Waals surface area contributed by atoms with Crippen molar-refractivity contribution in [2.75, 3.05) is 38.0 Å². The van der Waals surface area contributed by atoms with Crippen LogP contribution >= 0.6 is 0 Å². The summed E-state index contributed by atoms with van der Waals surface area (Å²) in [4.78, 5) is 3.95. The average Bonchev–Trinajstić information content (AvgIpc) is 2.68. The van der Waals surface area contributed by atoms with Crippen molar-refractivity contribution < 1.29 is 44.0 Å². The maximum Gasteiger partial charge on any atom is 1.00 e. The van der Waals surface area contributed by atoms with Crippen molar-refractivity contribution in [3.05, 3.63) is 89.5 Å². The molecule has 7 heteroatoms. The van der Waals surface area contributed by atoms with Gasteiger partial charge in [-0.1, -0.05) is 42.5 Å². The zero-order valence-electron chi connectivity index (χ0n) is 19.1. The predicted molar refractivity (Wildman–Crippen MR) is 120 cm³/mol. The van der Waals surface area contributed by atoms with Crippen LogP contribution in [-0.2, 0) is 10.1 Å². The van der Waals surface area contributed by atoms with Gasteiger partial charge in [-0.25, -0.2) is 0 Å². The van der Waals surface area contributed by atoms with E-state index in [1.807, 2.05) is 86.5 Å². The van der Waals surface area contributed by atoms with Crippen LogP contribution in [0.1, 0.15) is 24.0 Å². The van der Waals surface area contributed by atoms with Crippen molar-refractivity contribution >= 4 is 21.5 Å². The molecule has 154 valence electrons. The van der Waals surface area contributed by atoms with E-state index in [-0.39, 0.29) is 41.8 Å². The SMILES string of the molecule is CN(C)c1ccc(C(c2ccc(N(C)C)cc2)c2ccccc2S(=O)(=O)O)cc1.[H-].[Na+]. The first-order chi connectivity index (χ1) is 13.7. The summed E-state index contributed by atoms with van der Waals surface area (Å²) in [5, 5.41) is 0. The van der Waals surface area contributed by atoms with Crippen molar-refractivity contribution in [3.63, 3.8) is 0 Å². The second-order valence-electron chi connectivity index (χ2n) is 7.42. The van der Waals surface area contributed by atoms with E-state index in [0.717, 1.165) is 22.5 Å². The van der Waals surface area contributed by atoms with Gasteiger partial charge in [0.1, 0.15) is 0 Å². The zero-order chi connectivity index (χ0) is 21.2. The molecule has 3 aromatic rings. The van der Waals surface area contributed by atoms with Crippen LogP contribution in [0.4, 0.5) is 11.4 Å². The van der Waals surface area contributed by atoms with Crippen molar-refractivity contribution in [1.82, 2.24) is 0 Å². The van der Waals surface area contributed by atoms with Gasteiger partial charge in [0.05, 0.1) is 4.90 Å². The predicted octanol–water partition coefficient (Wildman–Crippen LogP) is 1.36. The fourth-order valence-corrected chi connectivity index (χ4v) is 4.17. The Balaban J connectivity index is 0.00000240. The first-order valence-corrected chi connectivity index (χ1v) is 10.7. The number of nitrogens with zero attached hydrogens (tertiary/aromatic N) is 2. The smallest absolute Gasteiger partial charge is 1.00 e. The summed E-state index contributed by atoms with van der Waals surface area (Å²) in [6.07, 6.45) is 0. The maximum atomic E-state index is 12.0. The molecule has 0 aromatic heterocycles. The van der Waals surface area contributed by atoms with E-state index < -0.39 is 10.1 Å². The van der Waals surface area contributed by atoms with Gasteiger partial charge in [0.2, 0.25) is 0 Å². The Morgan fingerprint density at radius 1 is 0.733 bits per heavy atom. The second kappa shape index (κ2) is 9.98. The summed E-state index contributed by atoms with van der Waals surface area (Å²) < 4.78 is 33.9. The summed E-state index contributed by atoms with van der Waals surface area (Å²) in [5.74, 6) is -0.333. The van der Waals surface area contributed by atoms with Gasteiger partial charge in [-0.2, -0.15) is 8.42 Å². The fourth-order valence-electron chi connectivity index (χ4n) is 3.44. The number of rotatable bonds is 6. The van der Waals surface area contributed by atoms with Crippen LogP contribution in [0.25, 0.3) is 0 Å². The monoisotopic (exact) mass is 434 g/mol. The van der Waals surface area contributed by atoms with Gasteiger partial charge < -0.3 is 11.2 Å². The van der Waals surface area contributed by atoms with Gasteiger partial charge in [0.25, 0.3) is 10.1 Å².